The Labute approximate surface area is 120 Å². The Bertz CT molecular complexity index is 551. The second-order valence-corrected chi connectivity index (χ2v) is 6.00. The smallest absolute Gasteiger partial charge is 0.167 e. The number of benzene rings is 1. The SMILES string of the molecule is CC=CCC1C(=O)c2cc(OC)ccc2C12CCCC2. The van der Waals surface area contributed by atoms with Gasteiger partial charge in [0.25, 0.3) is 0 Å². The summed E-state index contributed by atoms with van der Waals surface area (Å²) in [5, 5.41) is 0. The van der Waals surface area contributed by atoms with E-state index in [1.54, 1.807) is 7.11 Å². The van der Waals surface area contributed by atoms with Gasteiger partial charge in [-0.15, -0.1) is 0 Å². The van der Waals surface area contributed by atoms with E-state index in [0.717, 1.165) is 30.6 Å². The number of allylic oxidation sites excluding steroid dienone is 2. The number of methoxy groups -OCH3 is 1. The van der Waals surface area contributed by atoms with Crippen LogP contribution in [0.5, 0.6) is 5.75 Å². The van der Waals surface area contributed by atoms with Gasteiger partial charge in [0.1, 0.15) is 5.75 Å². The van der Waals surface area contributed by atoms with Crippen LogP contribution in [0.4, 0.5) is 0 Å². The van der Waals surface area contributed by atoms with Gasteiger partial charge in [0, 0.05) is 16.9 Å². The van der Waals surface area contributed by atoms with Gasteiger partial charge in [-0.05, 0) is 43.9 Å². The van der Waals surface area contributed by atoms with Gasteiger partial charge in [-0.25, -0.2) is 0 Å². The first kappa shape index (κ1) is 13.4. The summed E-state index contributed by atoms with van der Waals surface area (Å²) in [6, 6.07) is 6.07. The molecule has 0 heterocycles. The van der Waals surface area contributed by atoms with Crippen LogP contribution in [0.1, 0.15) is 54.9 Å². The van der Waals surface area contributed by atoms with Crippen molar-refractivity contribution in [3.63, 3.8) is 0 Å². The second kappa shape index (κ2) is 5.08. The van der Waals surface area contributed by atoms with Gasteiger partial charge in [0.15, 0.2) is 5.78 Å². The predicted octanol–water partition coefficient (Wildman–Crippen LogP) is 4.29. The average molecular weight is 270 g/mol. The first-order valence-electron chi connectivity index (χ1n) is 7.57. The third-order valence-corrected chi connectivity index (χ3v) is 5.12. The van der Waals surface area contributed by atoms with Gasteiger partial charge >= 0.3 is 0 Å². The Morgan fingerprint density at radius 1 is 1.35 bits per heavy atom. The van der Waals surface area contributed by atoms with E-state index in [-0.39, 0.29) is 11.3 Å². The van der Waals surface area contributed by atoms with E-state index in [9.17, 15) is 4.79 Å². The van der Waals surface area contributed by atoms with Crippen LogP contribution in [0.2, 0.25) is 0 Å². The number of ketones is 1. The fraction of sp³-hybridized carbons (Fsp3) is 0.500. The summed E-state index contributed by atoms with van der Waals surface area (Å²) in [6.07, 6.45) is 9.86. The van der Waals surface area contributed by atoms with Crippen molar-refractivity contribution in [2.45, 2.75) is 44.4 Å². The molecule has 0 N–H and O–H groups in total. The quantitative estimate of drug-likeness (QED) is 0.766. The van der Waals surface area contributed by atoms with E-state index in [1.807, 2.05) is 19.1 Å². The fourth-order valence-corrected chi connectivity index (χ4v) is 4.14. The molecule has 1 aromatic rings. The highest BCUT2D eigenvalue weighted by molar-refractivity contribution is 6.04. The number of rotatable bonds is 3. The van der Waals surface area contributed by atoms with Crippen LogP contribution >= 0.6 is 0 Å². The lowest BCUT2D eigenvalue weighted by Crippen LogP contribution is -2.30. The molecule has 0 bridgehead atoms. The molecule has 2 heteroatoms. The topological polar surface area (TPSA) is 26.3 Å². The molecular formula is C18H22O2. The number of carbonyl (C=O) groups excluding carboxylic acids is 1. The lowest BCUT2D eigenvalue weighted by atomic mass is 9.72. The Balaban J connectivity index is 2.09. The van der Waals surface area contributed by atoms with Crippen LogP contribution in [0.25, 0.3) is 0 Å². The molecule has 1 atom stereocenters. The maximum Gasteiger partial charge on any atom is 0.167 e. The van der Waals surface area contributed by atoms with Gasteiger partial charge in [-0.1, -0.05) is 31.1 Å². The Hall–Kier alpha value is -1.57. The molecular weight excluding hydrogens is 248 g/mol. The van der Waals surface area contributed by atoms with Crippen molar-refractivity contribution in [3.8, 4) is 5.75 Å². The Morgan fingerprint density at radius 3 is 2.75 bits per heavy atom. The van der Waals surface area contributed by atoms with Crippen LogP contribution in [-0.4, -0.2) is 12.9 Å². The predicted molar refractivity (Wildman–Crippen MR) is 80.4 cm³/mol. The summed E-state index contributed by atoms with van der Waals surface area (Å²) in [6.45, 7) is 2.02. The fourth-order valence-electron chi connectivity index (χ4n) is 4.14. The van der Waals surface area contributed by atoms with E-state index in [1.165, 1.54) is 18.4 Å². The van der Waals surface area contributed by atoms with Crippen molar-refractivity contribution in [3.05, 3.63) is 41.5 Å². The molecule has 0 radical (unpaired) electrons. The summed E-state index contributed by atoms with van der Waals surface area (Å²) in [4.78, 5) is 12.8. The van der Waals surface area contributed by atoms with E-state index >= 15 is 0 Å². The molecule has 1 fully saturated rings. The largest absolute Gasteiger partial charge is 0.497 e. The Kier molecular flexibility index (Phi) is 3.41. The minimum absolute atomic E-state index is 0.0954. The van der Waals surface area contributed by atoms with Crippen LogP contribution in [0.3, 0.4) is 0 Å². The third-order valence-electron chi connectivity index (χ3n) is 5.12. The molecule has 0 amide bonds. The zero-order valence-corrected chi connectivity index (χ0v) is 12.3. The number of ether oxygens (including phenoxy) is 1. The van der Waals surface area contributed by atoms with Crippen molar-refractivity contribution in [1.82, 2.24) is 0 Å². The standard InChI is InChI=1S/C18H22O2/c1-3-4-7-16-17(19)14-12-13(20-2)8-9-15(14)18(16)10-5-6-11-18/h3-4,8-9,12,16H,5-7,10-11H2,1-2H3. The highest BCUT2D eigenvalue weighted by Gasteiger charge is 2.52. The molecule has 0 aliphatic heterocycles. The average Bonchev–Trinajstić information content (AvgIpc) is 3.04. The van der Waals surface area contributed by atoms with Gasteiger partial charge in [-0.2, -0.15) is 0 Å². The molecule has 0 saturated heterocycles. The normalized spacial score (nSPS) is 23.7. The van der Waals surface area contributed by atoms with E-state index in [4.69, 9.17) is 4.74 Å². The number of carbonyl (C=O) groups is 1. The minimum atomic E-state index is 0.0954. The molecule has 0 aromatic heterocycles. The summed E-state index contributed by atoms with van der Waals surface area (Å²) in [7, 11) is 1.66. The first-order chi connectivity index (χ1) is 9.73. The summed E-state index contributed by atoms with van der Waals surface area (Å²) >= 11 is 0. The number of fused-ring (bicyclic) bond motifs is 2. The van der Waals surface area contributed by atoms with Gasteiger partial charge in [0.05, 0.1) is 7.11 Å². The first-order valence-corrected chi connectivity index (χ1v) is 7.57. The zero-order valence-electron chi connectivity index (χ0n) is 12.3. The second-order valence-electron chi connectivity index (χ2n) is 6.00. The van der Waals surface area contributed by atoms with Crippen LogP contribution in [-0.2, 0) is 5.41 Å². The highest BCUT2D eigenvalue weighted by atomic mass is 16.5. The van der Waals surface area contributed by atoms with Crippen molar-refractivity contribution >= 4 is 5.78 Å². The number of Topliss-reactive ketones (excluding diaryl/α,β-unsaturated/α-hetero) is 1. The molecule has 3 rings (SSSR count). The van der Waals surface area contributed by atoms with Crippen molar-refractivity contribution < 1.29 is 9.53 Å². The maximum atomic E-state index is 12.8. The molecule has 1 spiro atoms. The molecule has 1 saturated carbocycles. The lowest BCUT2D eigenvalue weighted by molar-refractivity contribution is 0.0885. The molecule has 2 aliphatic rings. The summed E-state index contributed by atoms with van der Waals surface area (Å²) in [5.74, 6) is 1.24. The lowest BCUT2D eigenvalue weighted by Gasteiger charge is -2.30. The third kappa shape index (κ3) is 1.81. The van der Waals surface area contributed by atoms with Gasteiger partial charge < -0.3 is 4.74 Å². The van der Waals surface area contributed by atoms with Crippen molar-refractivity contribution in [1.29, 1.82) is 0 Å². The monoisotopic (exact) mass is 270 g/mol. The van der Waals surface area contributed by atoms with Gasteiger partial charge in [0.2, 0.25) is 0 Å². The maximum absolute atomic E-state index is 12.8. The zero-order chi connectivity index (χ0) is 14.2. The molecule has 1 aromatic carbocycles. The van der Waals surface area contributed by atoms with E-state index in [2.05, 4.69) is 18.2 Å². The summed E-state index contributed by atoms with van der Waals surface area (Å²) < 4.78 is 5.29. The molecule has 106 valence electrons. The van der Waals surface area contributed by atoms with Gasteiger partial charge in [-0.3, -0.25) is 4.79 Å². The van der Waals surface area contributed by atoms with Crippen LogP contribution < -0.4 is 4.74 Å². The van der Waals surface area contributed by atoms with E-state index in [0.29, 0.717) is 5.78 Å². The molecule has 2 nitrogen and oxygen atoms in total. The molecule has 2 aliphatic carbocycles. The highest BCUT2D eigenvalue weighted by Crippen LogP contribution is 2.55. The van der Waals surface area contributed by atoms with Crippen molar-refractivity contribution in [2.75, 3.05) is 7.11 Å². The van der Waals surface area contributed by atoms with E-state index < -0.39 is 0 Å². The molecule has 1 unspecified atom stereocenters. The van der Waals surface area contributed by atoms with Crippen LogP contribution in [0, 0.1) is 5.92 Å². The minimum Gasteiger partial charge on any atom is -0.497 e. The van der Waals surface area contributed by atoms with Crippen molar-refractivity contribution in [2.24, 2.45) is 5.92 Å². The Morgan fingerprint density at radius 2 is 2.10 bits per heavy atom. The van der Waals surface area contributed by atoms with Crippen LogP contribution in [0.15, 0.2) is 30.4 Å². The number of hydrogen-bond donors (Lipinski definition) is 0. The number of hydrogen-bond acceptors (Lipinski definition) is 2. The molecule has 20 heavy (non-hydrogen) atoms. The summed E-state index contributed by atoms with van der Waals surface area (Å²) in [5.41, 5.74) is 2.27.